The molecule has 5 nitrogen and oxygen atoms in total. The lowest BCUT2D eigenvalue weighted by atomic mass is 10.1. The molecule has 1 unspecified atom stereocenters. The first-order chi connectivity index (χ1) is 9.47. The second-order valence-electron chi connectivity index (χ2n) is 4.53. The van der Waals surface area contributed by atoms with E-state index in [-0.39, 0.29) is 37.1 Å². The molecule has 108 valence electrons. The Morgan fingerprint density at radius 1 is 1.45 bits per heavy atom. The zero-order valence-corrected chi connectivity index (χ0v) is 10.7. The molecule has 0 aliphatic carbocycles. The van der Waals surface area contributed by atoms with Crippen LogP contribution >= 0.6 is 0 Å². The van der Waals surface area contributed by atoms with E-state index in [2.05, 4.69) is 4.74 Å². The summed E-state index contributed by atoms with van der Waals surface area (Å²) >= 11 is 0. The van der Waals surface area contributed by atoms with Crippen molar-refractivity contribution >= 4 is 17.6 Å². The van der Waals surface area contributed by atoms with Gasteiger partial charge in [0, 0.05) is 31.6 Å². The number of aliphatic hydroxyl groups excluding tert-OH is 1. The van der Waals surface area contributed by atoms with Gasteiger partial charge in [-0.2, -0.15) is 0 Å². The maximum Gasteiger partial charge on any atom is 0.340 e. The average Bonchev–Trinajstić information content (AvgIpc) is 2.79. The number of esters is 1. The molecule has 1 atom stereocenters. The molecule has 0 saturated carbocycles. The highest BCUT2D eigenvalue weighted by atomic mass is 19.1. The fourth-order valence-corrected chi connectivity index (χ4v) is 2.15. The van der Waals surface area contributed by atoms with E-state index in [0.29, 0.717) is 6.07 Å². The maximum absolute atomic E-state index is 13.8. The van der Waals surface area contributed by atoms with E-state index in [0.717, 1.165) is 18.1 Å². The van der Waals surface area contributed by atoms with Crippen molar-refractivity contribution in [2.45, 2.75) is 6.42 Å². The molecule has 1 aromatic carbocycles. The molecule has 0 aromatic heterocycles. The number of rotatable bonds is 3. The van der Waals surface area contributed by atoms with E-state index in [1.54, 1.807) is 0 Å². The average molecular weight is 285 g/mol. The van der Waals surface area contributed by atoms with Crippen molar-refractivity contribution in [3.05, 3.63) is 29.3 Å². The number of nitrogens with zero attached hydrogens (tertiary/aromatic N) is 1. The monoisotopic (exact) mass is 285 g/mol. The summed E-state index contributed by atoms with van der Waals surface area (Å²) < 4.78 is 31.7. The molecule has 1 amide bonds. The topological polar surface area (TPSA) is 66.8 Å². The van der Waals surface area contributed by atoms with Crippen LogP contribution < -0.4 is 4.90 Å². The molecule has 1 fully saturated rings. The summed E-state index contributed by atoms with van der Waals surface area (Å²) in [4.78, 5) is 24.3. The summed E-state index contributed by atoms with van der Waals surface area (Å²) in [5.74, 6) is -3.63. The van der Waals surface area contributed by atoms with Crippen LogP contribution in [-0.4, -0.2) is 37.2 Å². The number of halogens is 2. The van der Waals surface area contributed by atoms with Crippen molar-refractivity contribution in [1.29, 1.82) is 0 Å². The van der Waals surface area contributed by atoms with Crippen LogP contribution in [0.1, 0.15) is 16.8 Å². The number of carbonyl (C=O) groups excluding carboxylic acids is 2. The third-order valence-electron chi connectivity index (χ3n) is 3.20. The van der Waals surface area contributed by atoms with Crippen LogP contribution in [0.2, 0.25) is 0 Å². The molecular weight excluding hydrogens is 272 g/mol. The molecule has 7 heteroatoms. The van der Waals surface area contributed by atoms with Gasteiger partial charge in [0.25, 0.3) is 0 Å². The minimum absolute atomic E-state index is 0.0842. The van der Waals surface area contributed by atoms with E-state index >= 15 is 0 Å². The van der Waals surface area contributed by atoms with Gasteiger partial charge in [-0.05, 0) is 6.07 Å². The van der Waals surface area contributed by atoms with Crippen LogP contribution in [0.15, 0.2) is 12.1 Å². The van der Waals surface area contributed by atoms with Crippen LogP contribution in [0.5, 0.6) is 0 Å². The Morgan fingerprint density at radius 2 is 2.15 bits per heavy atom. The number of methoxy groups -OCH3 is 1. The Morgan fingerprint density at radius 3 is 2.70 bits per heavy atom. The summed E-state index contributed by atoms with van der Waals surface area (Å²) in [6, 6.07) is 1.50. The molecule has 1 heterocycles. The molecule has 2 rings (SSSR count). The van der Waals surface area contributed by atoms with E-state index in [1.807, 2.05) is 0 Å². The van der Waals surface area contributed by atoms with Gasteiger partial charge >= 0.3 is 5.97 Å². The largest absolute Gasteiger partial charge is 0.465 e. The van der Waals surface area contributed by atoms with Gasteiger partial charge in [-0.3, -0.25) is 4.79 Å². The summed E-state index contributed by atoms with van der Waals surface area (Å²) in [6.07, 6.45) is 0.0842. The molecule has 0 radical (unpaired) electrons. The second-order valence-corrected chi connectivity index (χ2v) is 4.53. The quantitative estimate of drug-likeness (QED) is 0.844. The third-order valence-corrected chi connectivity index (χ3v) is 3.20. The zero-order chi connectivity index (χ0) is 14.9. The number of hydrogen-bond acceptors (Lipinski definition) is 4. The molecule has 1 aromatic rings. The van der Waals surface area contributed by atoms with Gasteiger partial charge in [0.2, 0.25) is 5.91 Å². The predicted molar refractivity (Wildman–Crippen MR) is 65.2 cm³/mol. The van der Waals surface area contributed by atoms with Crippen molar-refractivity contribution in [2.24, 2.45) is 5.92 Å². The molecule has 1 saturated heterocycles. The first kappa shape index (κ1) is 14.4. The SMILES string of the molecule is COC(=O)c1cc(N2CC(CO)CC2=O)c(F)cc1F. The van der Waals surface area contributed by atoms with E-state index < -0.39 is 23.2 Å². The number of ether oxygens (including phenoxy) is 1. The highest BCUT2D eigenvalue weighted by Gasteiger charge is 2.32. The lowest BCUT2D eigenvalue weighted by Gasteiger charge is -2.18. The lowest BCUT2D eigenvalue weighted by Crippen LogP contribution is -2.26. The summed E-state index contributed by atoms with van der Waals surface area (Å²) in [6.45, 7) is -0.0760. The molecule has 20 heavy (non-hydrogen) atoms. The molecule has 1 aliphatic heterocycles. The van der Waals surface area contributed by atoms with Crippen molar-refractivity contribution < 1.29 is 28.2 Å². The maximum atomic E-state index is 13.8. The molecule has 1 N–H and O–H groups in total. The van der Waals surface area contributed by atoms with Gasteiger partial charge < -0.3 is 14.7 Å². The minimum atomic E-state index is -1.05. The van der Waals surface area contributed by atoms with Gasteiger partial charge in [0.1, 0.15) is 11.6 Å². The highest BCUT2D eigenvalue weighted by Crippen LogP contribution is 2.29. The summed E-state index contributed by atoms with van der Waals surface area (Å²) in [5, 5.41) is 9.04. The smallest absolute Gasteiger partial charge is 0.340 e. The highest BCUT2D eigenvalue weighted by molar-refractivity contribution is 5.98. The second kappa shape index (κ2) is 5.54. The Kier molecular flexibility index (Phi) is 3.99. The van der Waals surface area contributed by atoms with Crippen LogP contribution in [0.25, 0.3) is 0 Å². The van der Waals surface area contributed by atoms with Crippen molar-refractivity contribution in [3.63, 3.8) is 0 Å². The van der Waals surface area contributed by atoms with Gasteiger partial charge in [-0.15, -0.1) is 0 Å². The first-order valence-corrected chi connectivity index (χ1v) is 5.96. The number of hydrogen-bond donors (Lipinski definition) is 1. The fraction of sp³-hybridized carbons (Fsp3) is 0.385. The van der Waals surface area contributed by atoms with Gasteiger partial charge in [-0.25, -0.2) is 13.6 Å². The normalized spacial score (nSPS) is 18.5. The van der Waals surface area contributed by atoms with Crippen molar-refractivity contribution in [3.8, 4) is 0 Å². The van der Waals surface area contributed by atoms with E-state index in [4.69, 9.17) is 5.11 Å². The summed E-state index contributed by atoms with van der Waals surface area (Å²) in [7, 11) is 1.08. The lowest BCUT2D eigenvalue weighted by molar-refractivity contribution is -0.117. The first-order valence-electron chi connectivity index (χ1n) is 5.96. The van der Waals surface area contributed by atoms with E-state index in [9.17, 15) is 18.4 Å². The van der Waals surface area contributed by atoms with Gasteiger partial charge in [0.05, 0.1) is 18.4 Å². The van der Waals surface area contributed by atoms with Gasteiger partial charge in [-0.1, -0.05) is 0 Å². The van der Waals surface area contributed by atoms with Crippen molar-refractivity contribution in [1.82, 2.24) is 0 Å². The van der Waals surface area contributed by atoms with Gasteiger partial charge in [0.15, 0.2) is 0 Å². The fourth-order valence-electron chi connectivity index (χ4n) is 2.15. The van der Waals surface area contributed by atoms with E-state index in [1.165, 1.54) is 0 Å². The number of benzene rings is 1. The minimum Gasteiger partial charge on any atom is -0.465 e. The Hall–Kier alpha value is -2.02. The number of aliphatic hydroxyl groups is 1. The van der Waals surface area contributed by atoms with Crippen molar-refractivity contribution in [2.75, 3.05) is 25.2 Å². The van der Waals surface area contributed by atoms with Crippen LogP contribution in [0.3, 0.4) is 0 Å². The third kappa shape index (κ3) is 2.49. The molecular formula is C13H13F2NO4. The zero-order valence-electron chi connectivity index (χ0n) is 10.7. The Bertz CT molecular complexity index is 562. The molecule has 0 spiro atoms. The number of carbonyl (C=O) groups is 2. The Balaban J connectivity index is 2.42. The Labute approximate surface area is 113 Å². The summed E-state index contributed by atoms with van der Waals surface area (Å²) in [5.41, 5.74) is -0.628. The predicted octanol–water partition coefficient (Wildman–Crippen LogP) is 1.10. The molecule has 0 bridgehead atoms. The van der Waals surface area contributed by atoms with Crippen LogP contribution in [0, 0.1) is 17.6 Å². The number of amides is 1. The number of anilines is 1. The van der Waals surface area contributed by atoms with Crippen LogP contribution in [0.4, 0.5) is 14.5 Å². The standard InChI is InChI=1S/C13H13F2NO4/c1-20-13(19)8-3-11(10(15)4-9(8)14)16-5-7(6-17)2-12(16)18/h3-4,7,17H,2,5-6H2,1H3. The van der Waals surface area contributed by atoms with Crippen LogP contribution in [-0.2, 0) is 9.53 Å². The molecule has 1 aliphatic rings.